The van der Waals surface area contributed by atoms with E-state index in [0.29, 0.717) is 5.92 Å². The number of hydrogen-bond acceptors (Lipinski definition) is 4. The Morgan fingerprint density at radius 2 is 1.89 bits per heavy atom. The highest BCUT2D eigenvalue weighted by atomic mass is 16.6. The van der Waals surface area contributed by atoms with E-state index in [9.17, 15) is 9.90 Å². The van der Waals surface area contributed by atoms with Crippen LogP contribution >= 0.6 is 0 Å². The fourth-order valence-corrected chi connectivity index (χ4v) is 2.53. The zero-order valence-corrected chi connectivity index (χ0v) is 12.4. The van der Waals surface area contributed by atoms with Gasteiger partial charge in [0, 0.05) is 13.2 Å². The van der Waals surface area contributed by atoms with Gasteiger partial charge in [0.2, 0.25) is 0 Å². The molecule has 112 valence electrons. The number of hydrogen-bond donors (Lipinski definition) is 2. The van der Waals surface area contributed by atoms with E-state index >= 15 is 0 Å². The Labute approximate surface area is 115 Å². The normalized spacial score (nSPS) is 25.7. The maximum atomic E-state index is 11.7. The molecule has 0 bridgehead atoms. The summed E-state index contributed by atoms with van der Waals surface area (Å²) in [5.41, 5.74) is -0.459. The lowest BCUT2D eigenvalue weighted by atomic mass is 9.83. The van der Waals surface area contributed by atoms with Crippen molar-refractivity contribution < 1.29 is 19.4 Å². The van der Waals surface area contributed by atoms with Crippen molar-refractivity contribution in [3.8, 4) is 0 Å². The second kappa shape index (κ2) is 7.10. The van der Waals surface area contributed by atoms with Gasteiger partial charge < -0.3 is 19.9 Å². The molecule has 0 aromatic carbocycles. The Bertz CT molecular complexity index is 276. The molecule has 1 amide bonds. The van der Waals surface area contributed by atoms with Crippen molar-refractivity contribution in [3.05, 3.63) is 0 Å². The molecule has 0 aromatic rings. The van der Waals surface area contributed by atoms with Crippen LogP contribution in [0.4, 0.5) is 4.79 Å². The highest BCUT2D eigenvalue weighted by Crippen LogP contribution is 2.28. The second-order valence-electron chi connectivity index (χ2n) is 6.21. The maximum Gasteiger partial charge on any atom is 0.407 e. The van der Waals surface area contributed by atoms with Gasteiger partial charge >= 0.3 is 6.09 Å². The number of carbonyl (C=O) groups is 1. The Morgan fingerprint density at radius 3 is 2.32 bits per heavy atom. The van der Waals surface area contributed by atoms with Gasteiger partial charge in [-0.25, -0.2) is 4.79 Å². The van der Waals surface area contributed by atoms with Crippen LogP contribution in [0.25, 0.3) is 0 Å². The van der Waals surface area contributed by atoms with Crippen molar-refractivity contribution in [3.63, 3.8) is 0 Å². The zero-order valence-electron chi connectivity index (χ0n) is 12.4. The molecule has 0 aliphatic heterocycles. The molecular formula is C14H27NO4. The second-order valence-corrected chi connectivity index (χ2v) is 6.21. The molecule has 2 N–H and O–H groups in total. The molecule has 1 fully saturated rings. The van der Waals surface area contributed by atoms with Crippen molar-refractivity contribution in [2.75, 3.05) is 13.7 Å². The molecule has 5 nitrogen and oxygen atoms in total. The standard InChI is InChI=1S/C14H27NO4/c1-14(2,3)19-13(17)15-11-7-5-10(6-8-11)12(9-16)18-4/h10-12,16H,5-9H2,1-4H3,(H,15,17)/t10?,11?,12-/m0/s1. The van der Waals surface area contributed by atoms with E-state index in [4.69, 9.17) is 9.47 Å². The summed E-state index contributed by atoms with van der Waals surface area (Å²) in [5.74, 6) is 0.381. The minimum Gasteiger partial charge on any atom is -0.444 e. The topological polar surface area (TPSA) is 67.8 Å². The molecule has 1 aliphatic rings. The summed E-state index contributed by atoms with van der Waals surface area (Å²) in [5, 5.41) is 12.1. The zero-order chi connectivity index (χ0) is 14.5. The van der Waals surface area contributed by atoms with Gasteiger partial charge in [-0.1, -0.05) is 0 Å². The number of aliphatic hydroxyl groups excluding tert-OH is 1. The Balaban J connectivity index is 2.32. The molecule has 0 heterocycles. The van der Waals surface area contributed by atoms with Crippen LogP contribution in [-0.2, 0) is 9.47 Å². The smallest absolute Gasteiger partial charge is 0.407 e. The number of amides is 1. The summed E-state index contributed by atoms with van der Waals surface area (Å²) >= 11 is 0. The Kier molecular flexibility index (Phi) is 6.07. The summed E-state index contributed by atoms with van der Waals surface area (Å²) in [4.78, 5) is 11.7. The maximum absolute atomic E-state index is 11.7. The Hall–Kier alpha value is -0.810. The van der Waals surface area contributed by atoms with Crippen molar-refractivity contribution in [1.82, 2.24) is 5.32 Å². The summed E-state index contributed by atoms with van der Waals surface area (Å²) in [6.45, 7) is 5.63. The van der Waals surface area contributed by atoms with Crippen LogP contribution in [0.2, 0.25) is 0 Å². The predicted molar refractivity (Wildman–Crippen MR) is 73.0 cm³/mol. The summed E-state index contributed by atoms with van der Waals surface area (Å²) in [6.07, 6.45) is 3.30. The minimum absolute atomic E-state index is 0.0608. The van der Waals surface area contributed by atoms with Crippen molar-refractivity contribution >= 4 is 6.09 Å². The van der Waals surface area contributed by atoms with E-state index in [1.807, 2.05) is 20.8 Å². The van der Waals surface area contributed by atoms with Crippen LogP contribution in [0.5, 0.6) is 0 Å². The third-order valence-electron chi connectivity index (χ3n) is 3.50. The van der Waals surface area contributed by atoms with Crippen LogP contribution < -0.4 is 5.32 Å². The monoisotopic (exact) mass is 273 g/mol. The SMILES string of the molecule is CO[C@@H](CO)C1CCC(NC(=O)OC(C)(C)C)CC1. The molecule has 1 aliphatic carbocycles. The minimum atomic E-state index is -0.459. The van der Waals surface area contributed by atoms with Crippen LogP contribution in [0.3, 0.4) is 0 Å². The molecule has 0 radical (unpaired) electrons. The van der Waals surface area contributed by atoms with Gasteiger partial charge in [-0.05, 0) is 52.4 Å². The van der Waals surface area contributed by atoms with Gasteiger partial charge in [-0.3, -0.25) is 0 Å². The van der Waals surface area contributed by atoms with Crippen molar-refractivity contribution in [2.24, 2.45) is 5.92 Å². The first kappa shape index (κ1) is 16.2. The van der Waals surface area contributed by atoms with E-state index in [0.717, 1.165) is 25.7 Å². The lowest BCUT2D eigenvalue weighted by Crippen LogP contribution is -2.42. The van der Waals surface area contributed by atoms with E-state index in [1.165, 1.54) is 0 Å². The first-order valence-corrected chi connectivity index (χ1v) is 6.99. The summed E-state index contributed by atoms with van der Waals surface area (Å²) in [7, 11) is 1.63. The average molecular weight is 273 g/mol. The largest absolute Gasteiger partial charge is 0.444 e. The third kappa shape index (κ3) is 5.78. The van der Waals surface area contributed by atoms with E-state index in [-0.39, 0.29) is 24.8 Å². The van der Waals surface area contributed by atoms with Gasteiger partial charge in [0.25, 0.3) is 0 Å². The first-order chi connectivity index (χ1) is 8.85. The molecule has 0 spiro atoms. The van der Waals surface area contributed by atoms with Crippen LogP contribution in [0.15, 0.2) is 0 Å². The predicted octanol–water partition coefficient (Wildman–Crippen LogP) is 2.08. The number of aliphatic hydroxyl groups is 1. The van der Waals surface area contributed by atoms with Crippen molar-refractivity contribution in [1.29, 1.82) is 0 Å². The summed E-state index contributed by atoms with van der Waals surface area (Å²) < 4.78 is 10.5. The van der Waals surface area contributed by atoms with Gasteiger partial charge in [-0.15, -0.1) is 0 Å². The van der Waals surface area contributed by atoms with Crippen molar-refractivity contribution in [2.45, 2.75) is 64.2 Å². The molecule has 1 atom stereocenters. The number of carbonyl (C=O) groups excluding carboxylic acids is 1. The lowest BCUT2D eigenvalue weighted by Gasteiger charge is -2.33. The van der Waals surface area contributed by atoms with Gasteiger partial charge in [-0.2, -0.15) is 0 Å². The molecule has 0 saturated heterocycles. The van der Waals surface area contributed by atoms with E-state index in [2.05, 4.69) is 5.32 Å². The fourth-order valence-electron chi connectivity index (χ4n) is 2.53. The molecule has 5 heteroatoms. The van der Waals surface area contributed by atoms with Crippen LogP contribution in [0.1, 0.15) is 46.5 Å². The number of alkyl carbamates (subject to hydrolysis) is 1. The Morgan fingerprint density at radius 1 is 1.32 bits per heavy atom. The number of methoxy groups -OCH3 is 1. The first-order valence-electron chi connectivity index (χ1n) is 6.99. The molecule has 1 rings (SSSR count). The van der Waals surface area contributed by atoms with E-state index in [1.54, 1.807) is 7.11 Å². The quantitative estimate of drug-likeness (QED) is 0.823. The molecule has 0 unspecified atom stereocenters. The number of rotatable bonds is 4. The highest BCUT2D eigenvalue weighted by Gasteiger charge is 2.28. The molecule has 19 heavy (non-hydrogen) atoms. The number of ether oxygens (including phenoxy) is 2. The third-order valence-corrected chi connectivity index (χ3v) is 3.50. The van der Waals surface area contributed by atoms with Gasteiger partial charge in [0.15, 0.2) is 0 Å². The van der Waals surface area contributed by atoms with Crippen LogP contribution in [0, 0.1) is 5.92 Å². The average Bonchev–Trinajstić information content (AvgIpc) is 2.30. The van der Waals surface area contributed by atoms with Crippen LogP contribution in [-0.4, -0.2) is 42.7 Å². The fraction of sp³-hybridized carbons (Fsp3) is 0.929. The van der Waals surface area contributed by atoms with Gasteiger partial charge in [0.1, 0.15) is 5.60 Å². The highest BCUT2D eigenvalue weighted by molar-refractivity contribution is 5.68. The van der Waals surface area contributed by atoms with E-state index < -0.39 is 5.60 Å². The number of nitrogens with one attached hydrogen (secondary N) is 1. The molecular weight excluding hydrogens is 246 g/mol. The summed E-state index contributed by atoms with van der Waals surface area (Å²) in [6, 6.07) is 0.169. The lowest BCUT2D eigenvalue weighted by molar-refractivity contribution is -0.00734. The van der Waals surface area contributed by atoms with Gasteiger partial charge in [0.05, 0.1) is 12.7 Å². The molecule has 1 saturated carbocycles. The molecule has 0 aromatic heterocycles.